The molecule has 0 bridgehead atoms. The van der Waals surface area contributed by atoms with E-state index in [1.807, 2.05) is 6.08 Å². The molecule has 1 aliphatic heterocycles. The number of carbonyl (C=O) groups excluding carboxylic acids is 1. The second kappa shape index (κ2) is 6.68. The van der Waals surface area contributed by atoms with Gasteiger partial charge >= 0.3 is 0 Å². The first-order chi connectivity index (χ1) is 7.63. The molecule has 1 aliphatic rings. The molecule has 0 saturated carbocycles. The van der Waals surface area contributed by atoms with Gasteiger partial charge in [0.1, 0.15) is 12.0 Å². The summed E-state index contributed by atoms with van der Waals surface area (Å²) in [7, 11) is 0. The van der Waals surface area contributed by atoms with Crippen molar-refractivity contribution >= 4 is 17.5 Å². The summed E-state index contributed by atoms with van der Waals surface area (Å²) in [5.41, 5.74) is 0. The summed E-state index contributed by atoms with van der Waals surface area (Å²) >= 11 is 5.36. The Morgan fingerprint density at radius 2 is 2.38 bits per heavy atom. The number of allylic oxidation sites excluding steroid dienone is 1. The third-order valence-corrected chi connectivity index (χ3v) is 2.50. The van der Waals surface area contributed by atoms with E-state index in [1.165, 1.54) is 0 Å². The zero-order valence-corrected chi connectivity index (χ0v) is 9.50. The highest BCUT2D eigenvalue weighted by Gasteiger charge is 2.22. The molecule has 0 aromatic rings. The number of hydrogen-bond donors (Lipinski definition) is 0. The van der Waals surface area contributed by atoms with E-state index in [2.05, 4.69) is 0 Å². The van der Waals surface area contributed by atoms with E-state index in [9.17, 15) is 13.6 Å². The first-order valence-corrected chi connectivity index (χ1v) is 5.59. The van der Waals surface area contributed by atoms with E-state index < -0.39 is 18.9 Å². The highest BCUT2D eigenvalue weighted by atomic mass is 35.5. The van der Waals surface area contributed by atoms with Crippen LogP contribution in [0.5, 0.6) is 0 Å². The molecule has 1 unspecified atom stereocenters. The van der Waals surface area contributed by atoms with Crippen LogP contribution in [0, 0.1) is 0 Å². The Bertz CT molecular complexity index is 261. The predicted molar refractivity (Wildman–Crippen MR) is 56.6 cm³/mol. The van der Waals surface area contributed by atoms with Crippen molar-refractivity contribution in [1.29, 1.82) is 0 Å². The van der Waals surface area contributed by atoms with Gasteiger partial charge in [0.25, 0.3) is 6.43 Å². The molecule has 0 N–H and O–H groups in total. The van der Waals surface area contributed by atoms with Crippen molar-refractivity contribution < 1.29 is 18.3 Å². The van der Waals surface area contributed by atoms with E-state index >= 15 is 0 Å². The summed E-state index contributed by atoms with van der Waals surface area (Å²) in [4.78, 5) is 12.4. The minimum Gasteiger partial charge on any atom is -0.497 e. The highest BCUT2D eigenvalue weighted by molar-refractivity contribution is 6.27. The Morgan fingerprint density at radius 3 is 2.88 bits per heavy atom. The van der Waals surface area contributed by atoms with Crippen molar-refractivity contribution in [3.05, 3.63) is 12.3 Å². The van der Waals surface area contributed by atoms with Crippen LogP contribution in [0.25, 0.3) is 0 Å². The van der Waals surface area contributed by atoms with E-state index in [1.54, 1.807) is 6.26 Å². The maximum atomic E-state index is 12.2. The SMILES string of the molecule is O=C(CCl)N(CC(F)F)CC1CCC=CO1. The molecule has 1 rings (SSSR count). The lowest BCUT2D eigenvalue weighted by atomic mass is 10.1. The Balaban J connectivity index is 2.48. The summed E-state index contributed by atoms with van der Waals surface area (Å²) in [6.45, 7) is -0.421. The molecular weight excluding hydrogens is 240 g/mol. The Morgan fingerprint density at radius 1 is 1.62 bits per heavy atom. The smallest absolute Gasteiger partial charge is 0.255 e. The van der Waals surface area contributed by atoms with Crippen molar-refractivity contribution in [3.8, 4) is 0 Å². The monoisotopic (exact) mass is 253 g/mol. The molecule has 6 heteroatoms. The first-order valence-electron chi connectivity index (χ1n) is 5.06. The van der Waals surface area contributed by atoms with Gasteiger partial charge in [-0.1, -0.05) is 0 Å². The molecule has 0 aromatic heterocycles. The normalized spacial score (nSPS) is 19.6. The first kappa shape index (κ1) is 13.2. The lowest BCUT2D eigenvalue weighted by molar-refractivity contribution is -0.132. The minimum absolute atomic E-state index is 0.167. The van der Waals surface area contributed by atoms with Crippen LogP contribution in [-0.2, 0) is 9.53 Å². The number of nitrogens with zero attached hydrogens (tertiary/aromatic N) is 1. The van der Waals surface area contributed by atoms with Gasteiger partial charge < -0.3 is 9.64 Å². The summed E-state index contributed by atoms with van der Waals surface area (Å²) in [5.74, 6) is -0.768. The largest absolute Gasteiger partial charge is 0.497 e. The van der Waals surface area contributed by atoms with Crippen molar-refractivity contribution in [2.45, 2.75) is 25.4 Å². The average Bonchev–Trinajstić information content (AvgIpc) is 2.28. The molecule has 92 valence electrons. The van der Waals surface area contributed by atoms with Crippen LogP contribution in [0.4, 0.5) is 8.78 Å². The van der Waals surface area contributed by atoms with E-state index in [4.69, 9.17) is 16.3 Å². The van der Waals surface area contributed by atoms with Crippen LogP contribution in [0.15, 0.2) is 12.3 Å². The highest BCUT2D eigenvalue weighted by Crippen LogP contribution is 2.13. The van der Waals surface area contributed by atoms with Gasteiger partial charge in [-0.05, 0) is 18.9 Å². The topological polar surface area (TPSA) is 29.5 Å². The van der Waals surface area contributed by atoms with Crippen LogP contribution in [0.2, 0.25) is 0 Å². The van der Waals surface area contributed by atoms with Crippen molar-refractivity contribution in [2.75, 3.05) is 19.0 Å². The van der Waals surface area contributed by atoms with Gasteiger partial charge in [0, 0.05) is 0 Å². The maximum absolute atomic E-state index is 12.2. The molecule has 0 radical (unpaired) electrons. The third-order valence-electron chi connectivity index (χ3n) is 2.27. The summed E-state index contributed by atoms with van der Waals surface area (Å²) < 4.78 is 29.7. The second-order valence-electron chi connectivity index (χ2n) is 3.53. The Labute approximate surface area is 98.0 Å². The van der Waals surface area contributed by atoms with Gasteiger partial charge in [-0.25, -0.2) is 8.78 Å². The van der Waals surface area contributed by atoms with Crippen LogP contribution >= 0.6 is 11.6 Å². The molecule has 1 heterocycles. The fraction of sp³-hybridized carbons (Fsp3) is 0.700. The second-order valence-corrected chi connectivity index (χ2v) is 3.80. The molecule has 0 spiro atoms. The quantitative estimate of drug-likeness (QED) is 0.702. The third kappa shape index (κ3) is 4.35. The van der Waals surface area contributed by atoms with Gasteiger partial charge in [0.15, 0.2) is 0 Å². The standard InChI is InChI=1S/C10H14ClF2NO2/c11-5-10(15)14(7-9(12)13)6-8-3-1-2-4-16-8/h2,4,8-9H,1,3,5-7H2. The molecule has 3 nitrogen and oxygen atoms in total. The van der Waals surface area contributed by atoms with Crippen LogP contribution < -0.4 is 0 Å². The van der Waals surface area contributed by atoms with Gasteiger partial charge in [0.05, 0.1) is 19.4 Å². The molecule has 16 heavy (non-hydrogen) atoms. The van der Waals surface area contributed by atoms with E-state index in [0.29, 0.717) is 0 Å². The molecule has 1 atom stereocenters. The maximum Gasteiger partial charge on any atom is 0.255 e. The predicted octanol–water partition coefficient (Wildman–Crippen LogP) is 2.01. The zero-order valence-electron chi connectivity index (χ0n) is 8.74. The Kier molecular flexibility index (Phi) is 5.52. The molecule has 0 saturated heterocycles. The molecule has 0 aliphatic carbocycles. The summed E-state index contributed by atoms with van der Waals surface area (Å²) in [6.07, 6.45) is 2.20. The number of ether oxygens (including phenoxy) is 1. The molecule has 1 amide bonds. The molecular formula is C10H14ClF2NO2. The number of rotatable bonds is 5. The number of alkyl halides is 3. The lowest BCUT2D eigenvalue weighted by Gasteiger charge is -2.27. The zero-order chi connectivity index (χ0) is 12.0. The number of hydrogen-bond acceptors (Lipinski definition) is 2. The van der Waals surface area contributed by atoms with E-state index in [0.717, 1.165) is 17.7 Å². The molecule has 0 fully saturated rings. The fourth-order valence-electron chi connectivity index (χ4n) is 1.49. The number of amides is 1. The lowest BCUT2D eigenvalue weighted by Crippen LogP contribution is -2.41. The van der Waals surface area contributed by atoms with Gasteiger partial charge in [-0.2, -0.15) is 0 Å². The van der Waals surface area contributed by atoms with Crippen molar-refractivity contribution in [1.82, 2.24) is 4.90 Å². The fourth-order valence-corrected chi connectivity index (χ4v) is 1.66. The van der Waals surface area contributed by atoms with Gasteiger partial charge in [-0.3, -0.25) is 4.79 Å². The average molecular weight is 254 g/mol. The molecule has 0 aromatic carbocycles. The van der Waals surface area contributed by atoms with Crippen LogP contribution in [0.3, 0.4) is 0 Å². The number of carbonyl (C=O) groups is 1. The van der Waals surface area contributed by atoms with Gasteiger partial charge in [0.2, 0.25) is 5.91 Å². The Hall–Kier alpha value is -0.840. The summed E-state index contributed by atoms with van der Waals surface area (Å²) in [5, 5.41) is 0. The van der Waals surface area contributed by atoms with Crippen molar-refractivity contribution in [3.63, 3.8) is 0 Å². The minimum atomic E-state index is -2.55. The number of halogens is 3. The summed E-state index contributed by atoms with van der Waals surface area (Å²) in [6, 6.07) is 0. The van der Waals surface area contributed by atoms with Gasteiger partial charge in [-0.15, -0.1) is 11.6 Å². The van der Waals surface area contributed by atoms with E-state index in [-0.39, 0.29) is 18.5 Å². The van der Waals surface area contributed by atoms with Crippen LogP contribution in [-0.4, -0.2) is 42.3 Å². The van der Waals surface area contributed by atoms with Crippen molar-refractivity contribution in [2.24, 2.45) is 0 Å². The van der Waals surface area contributed by atoms with Crippen LogP contribution in [0.1, 0.15) is 12.8 Å².